The SMILES string of the molecule is CN(CC=O)c1ccc(CN2CCNCC2)cc1. The lowest BCUT2D eigenvalue weighted by molar-refractivity contribution is -0.106. The fraction of sp³-hybridized carbons (Fsp3) is 0.500. The second kappa shape index (κ2) is 6.52. The van der Waals surface area contributed by atoms with Gasteiger partial charge in [0.05, 0.1) is 6.54 Å². The van der Waals surface area contributed by atoms with Crippen LogP contribution in [0.4, 0.5) is 5.69 Å². The summed E-state index contributed by atoms with van der Waals surface area (Å²) in [6.45, 7) is 5.86. The smallest absolute Gasteiger partial charge is 0.139 e. The number of aldehydes is 1. The fourth-order valence-electron chi connectivity index (χ4n) is 2.20. The zero-order valence-electron chi connectivity index (χ0n) is 10.9. The average molecular weight is 247 g/mol. The first-order valence-electron chi connectivity index (χ1n) is 6.46. The van der Waals surface area contributed by atoms with Crippen LogP contribution < -0.4 is 10.2 Å². The molecule has 1 aromatic rings. The molecule has 0 aromatic heterocycles. The van der Waals surface area contributed by atoms with E-state index in [1.807, 2.05) is 11.9 Å². The van der Waals surface area contributed by atoms with Crippen LogP contribution in [0.2, 0.25) is 0 Å². The van der Waals surface area contributed by atoms with E-state index in [0.717, 1.165) is 44.7 Å². The van der Waals surface area contributed by atoms with Gasteiger partial charge < -0.3 is 15.0 Å². The second-order valence-electron chi connectivity index (χ2n) is 4.74. The summed E-state index contributed by atoms with van der Waals surface area (Å²) < 4.78 is 0. The second-order valence-corrected chi connectivity index (χ2v) is 4.74. The molecule has 0 atom stereocenters. The minimum Gasteiger partial charge on any atom is -0.368 e. The number of hydrogen-bond acceptors (Lipinski definition) is 4. The van der Waals surface area contributed by atoms with Crippen LogP contribution in [0.5, 0.6) is 0 Å². The molecule has 0 amide bonds. The summed E-state index contributed by atoms with van der Waals surface area (Å²) in [6, 6.07) is 8.47. The highest BCUT2D eigenvalue weighted by Crippen LogP contribution is 2.14. The number of benzene rings is 1. The molecule has 1 saturated heterocycles. The van der Waals surface area contributed by atoms with Crippen molar-refractivity contribution < 1.29 is 4.79 Å². The summed E-state index contributed by atoms with van der Waals surface area (Å²) in [7, 11) is 1.93. The van der Waals surface area contributed by atoms with Gasteiger partial charge >= 0.3 is 0 Å². The van der Waals surface area contributed by atoms with Crippen molar-refractivity contribution in [1.29, 1.82) is 0 Å². The van der Waals surface area contributed by atoms with Gasteiger partial charge in [-0.3, -0.25) is 4.90 Å². The Labute approximate surface area is 109 Å². The first-order valence-corrected chi connectivity index (χ1v) is 6.46. The van der Waals surface area contributed by atoms with Gasteiger partial charge in [0, 0.05) is 45.5 Å². The topological polar surface area (TPSA) is 35.6 Å². The molecule has 4 nitrogen and oxygen atoms in total. The number of carbonyl (C=O) groups excluding carboxylic acids is 1. The number of anilines is 1. The molecule has 0 bridgehead atoms. The number of nitrogens with one attached hydrogen (secondary N) is 1. The van der Waals surface area contributed by atoms with Crippen molar-refractivity contribution in [3.05, 3.63) is 29.8 Å². The Morgan fingerprint density at radius 3 is 2.56 bits per heavy atom. The third-order valence-electron chi connectivity index (χ3n) is 3.34. The molecule has 18 heavy (non-hydrogen) atoms. The van der Waals surface area contributed by atoms with Crippen LogP contribution in [-0.2, 0) is 11.3 Å². The molecule has 1 aromatic carbocycles. The lowest BCUT2D eigenvalue weighted by Gasteiger charge is -2.27. The molecule has 0 saturated carbocycles. The predicted octanol–water partition coefficient (Wildman–Crippen LogP) is 0.727. The van der Waals surface area contributed by atoms with E-state index in [1.54, 1.807) is 0 Å². The van der Waals surface area contributed by atoms with Gasteiger partial charge in [0.25, 0.3) is 0 Å². The average Bonchev–Trinajstić information content (AvgIpc) is 2.41. The maximum absolute atomic E-state index is 10.5. The first-order chi connectivity index (χ1) is 8.79. The molecule has 98 valence electrons. The van der Waals surface area contributed by atoms with E-state index >= 15 is 0 Å². The largest absolute Gasteiger partial charge is 0.368 e. The highest BCUT2D eigenvalue weighted by Gasteiger charge is 2.09. The van der Waals surface area contributed by atoms with Gasteiger partial charge in [0.1, 0.15) is 6.29 Å². The van der Waals surface area contributed by atoms with Crippen LogP contribution in [0.3, 0.4) is 0 Å². The minimum atomic E-state index is 0.442. The number of piperazine rings is 1. The third-order valence-corrected chi connectivity index (χ3v) is 3.34. The summed E-state index contributed by atoms with van der Waals surface area (Å²) in [4.78, 5) is 14.9. The van der Waals surface area contributed by atoms with E-state index in [9.17, 15) is 4.79 Å². The summed E-state index contributed by atoms with van der Waals surface area (Å²) in [5.74, 6) is 0. The Bertz CT molecular complexity index is 371. The Kier molecular flexibility index (Phi) is 4.73. The van der Waals surface area contributed by atoms with Crippen molar-refractivity contribution in [2.45, 2.75) is 6.54 Å². The van der Waals surface area contributed by atoms with E-state index in [2.05, 4.69) is 34.5 Å². The summed E-state index contributed by atoms with van der Waals surface area (Å²) in [6.07, 6.45) is 0.925. The lowest BCUT2D eigenvalue weighted by atomic mass is 10.1. The van der Waals surface area contributed by atoms with Crippen LogP contribution in [0.25, 0.3) is 0 Å². The van der Waals surface area contributed by atoms with Gasteiger partial charge in [0.15, 0.2) is 0 Å². The zero-order chi connectivity index (χ0) is 12.8. The first kappa shape index (κ1) is 13.1. The molecule has 1 heterocycles. The molecule has 0 aliphatic carbocycles. The molecule has 1 aliphatic heterocycles. The third kappa shape index (κ3) is 3.55. The number of nitrogens with zero attached hydrogens (tertiary/aromatic N) is 2. The van der Waals surface area contributed by atoms with E-state index < -0.39 is 0 Å². The number of carbonyl (C=O) groups is 1. The van der Waals surface area contributed by atoms with Gasteiger partial charge in [-0.1, -0.05) is 12.1 Å². The van der Waals surface area contributed by atoms with Crippen LogP contribution in [0, 0.1) is 0 Å². The quantitative estimate of drug-likeness (QED) is 0.778. The highest BCUT2D eigenvalue weighted by molar-refractivity contribution is 5.60. The molecule has 0 unspecified atom stereocenters. The number of hydrogen-bond donors (Lipinski definition) is 1. The summed E-state index contributed by atoms with van der Waals surface area (Å²) in [5.41, 5.74) is 2.42. The normalized spacial score (nSPS) is 16.5. The Morgan fingerprint density at radius 2 is 1.94 bits per heavy atom. The fourth-order valence-corrected chi connectivity index (χ4v) is 2.20. The number of likely N-dealkylation sites (N-methyl/N-ethyl adjacent to an activating group) is 1. The molecule has 1 aliphatic rings. The standard InChI is InChI=1S/C14H21N3O/c1-16(10-11-18)14-4-2-13(3-5-14)12-17-8-6-15-7-9-17/h2-5,11,15H,6-10,12H2,1H3. The Balaban J connectivity index is 1.92. The highest BCUT2D eigenvalue weighted by atomic mass is 16.1. The van der Waals surface area contributed by atoms with E-state index in [1.165, 1.54) is 5.56 Å². The Morgan fingerprint density at radius 1 is 1.28 bits per heavy atom. The van der Waals surface area contributed by atoms with E-state index in [4.69, 9.17) is 0 Å². The molecule has 1 N–H and O–H groups in total. The molecule has 4 heteroatoms. The van der Waals surface area contributed by atoms with Crippen molar-refractivity contribution >= 4 is 12.0 Å². The van der Waals surface area contributed by atoms with Gasteiger partial charge in [-0.2, -0.15) is 0 Å². The summed E-state index contributed by atoms with van der Waals surface area (Å²) >= 11 is 0. The molecule has 0 radical (unpaired) electrons. The molecular formula is C14H21N3O. The Hall–Kier alpha value is -1.39. The van der Waals surface area contributed by atoms with Crippen LogP contribution >= 0.6 is 0 Å². The summed E-state index contributed by atoms with van der Waals surface area (Å²) in [5, 5.41) is 3.36. The van der Waals surface area contributed by atoms with Gasteiger partial charge in [-0.05, 0) is 17.7 Å². The minimum absolute atomic E-state index is 0.442. The van der Waals surface area contributed by atoms with Crippen molar-refractivity contribution in [2.75, 3.05) is 44.7 Å². The molecule has 0 spiro atoms. The van der Waals surface area contributed by atoms with Gasteiger partial charge in [-0.15, -0.1) is 0 Å². The van der Waals surface area contributed by atoms with Crippen LogP contribution in [-0.4, -0.2) is 51.0 Å². The lowest BCUT2D eigenvalue weighted by Crippen LogP contribution is -2.42. The van der Waals surface area contributed by atoms with Crippen molar-refractivity contribution in [1.82, 2.24) is 10.2 Å². The molecular weight excluding hydrogens is 226 g/mol. The molecule has 2 rings (SSSR count). The van der Waals surface area contributed by atoms with Crippen molar-refractivity contribution in [3.63, 3.8) is 0 Å². The van der Waals surface area contributed by atoms with E-state index in [0.29, 0.717) is 6.54 Å². The van der Waals surface area contributed by atoms with Gasteiger partial charge in [-0.25, -0.2) is 0 Å². The number of rotatable bonds is 5. The maximum atomic E-state index is 10.5. The van der Waals surface area contributed by atoms with Crippen LogP contribution in [0.15, 0.2) is 24.3 Å². The van der Waals surface area contributed by atoms with E-state index in [-0.39, 0.29) is 0 Å². The molecule has 1 fully saturated rings. The predicted molar refractivity (Wildman–Crippen MR) is 73.9 cm³/mol. The van der Waals surface area contributed by atoms with Crippen molar-refractivity contribution in [3.8, 4) is 0 Å². The van der Waals surface area contributed by atoms with Crippen molar-refractivity contribution in [2.24, 2.45) is 0 Å². The zero-order valence-corrected chi connectivity index (χ0v) is 10.9. The van der Waals surface area contributed by atoms with Gasteiger partial charge in [0.2, 0.25) is 0 Å². The maximum Gasteiger partial charge on any atom is 0.139 e. The monoisotopic (exact) mass is 247 g/mol. The van der Waals surface area contributed by atoms with Crippen LogP contribution in [0.1, 0.15) is 5.56 Å².